The van der Waals surface area contributed by atoms with Crippen LogP contribution < -0.4 is 5.11 Å². The summed E-state index contributed by atoms with van der Waals surface area (Å²) in [4.78, 5) is 10.2. The van der Waals surface area contributed by atoms with E-state index in [1.807, 2.05) is 0 Å². The third kappa shape index (κ3) is 3.98. The summed E-state index contributed by atoms with van der Waals surface area (Å²) in [5, 5.41) is 10.5. The summed E-state index contributed by atoms with van der Waals surface area (Å²) in [6, 6.07) is 5.33. The van der Waals surface area contributed by atoms with Crippen molar-refractivity contribution in [3.8, 4) is 0 Å². The van der Waals surface area contributed by atoms with Crippen molar-refractivity contribution in [2.24, 2.45) is 5.92 Å². The molecule has 0 aliphatic rings. The van der Waals surface area contributed by atoms with Crippen molar-refractivity contribution in [2.45, 2.75) is 37.7 Å². The van der Waals surface area contributed by atoms with E-state index in [4.69, 9.17) is 0 Å². The molecule has 0 saturated carbocycles. The zero-order valence-electron chi connectivity index (χ0n) is 11.7. The molecule has 0 heterocycles. The van der Waals surface area contributed by atoms with Gasteiger partial charge in [-0.3, -0.25) is 4.18 Å². The van der Waals surface area contributed by atoms with E-state index < -0.39 is 34.0 Å². The molecule has 1 aromatic rings. The number of aryl methyl sites for hydroxylation is 1. The van der Waals surface area contributed by atoms with Gasteiger partial charge in [-0.05, 0) is 25.0 Å². The molecule has 1 unspecified atom stereocenters. The van der Waals surface area contributed by atoms with Gasteiger partial charge in [0, 0.05) is 0 Å². The Kier molecular flexibility index (Phi) is 5.06. The quantitative estimate of drug-likeness (QED) is 0.733. The van der Waals surface area contributed by atoms with Gasteiger partial charge in [-0.25, -0.2) is 0 Å². The Hall–Kier alpha value is -1.54. The number of carboxylic acid groups (broad SMARTS) is 1. The van der Waals surface area contributed by atoms with Crippen molar-refractivity contribution in [3.63, 3.8) is 0 Å². The minimum Gasteiger partial charge on any atom is -0.544 e. The fraction of sp³-hybridized carbons (Fsp3) is 0.462. The molecule has 0 radical (unpaired) electrons. The molecular formula is C13H15F2O5S-. The standard InChI is InChI=1S/C13H16F2O5S/c1-8(2)11(13(14,15)12(16)17)20-21(18,19)10-6-4-9(3)5-7-10/h4-8,11H,1-3H3,(H,16,17)/p-1. The van der Waals surface area contributed by atoms with Crippen molar-refractivity contribution in [1.29, 1.82) is 0 Å². The molecule has 0 fully saturated rings. The molecule has 0 bridgehead atoms. The minimum absolute atomic E-state index is 0.326. The summed E-state index contributed by atoms with van der Waals surface area (Å²) in [7, 11) is -4.51. The first-order chi connectivity index (χ1) is 9.48. The average Bonchev–Trinajstić information content (AvgIpc) is 2.35. The maximum absolute atomic E-state index is 13.5. The van der Waals surface area contributed by atoms with Crippen LogP contribution in [-0.4, -0.2) is 26.4 Å². The van der Waals surface area contributed by atoms with E-state index in [0.29, 0.717) is 0 Å². The van der Waals surface area contributed by atoms with Gasteiger partial charge < -0.3 is 9.90 Å². The van der Waals surface area contributed by atoms with E-state index in [1.54, 1.807) is 6.92 Å². The van der Waals surface area contributed by atoms with Crippen molar-refractivity contribution < 1.29 is 31.3 Å². The number of hydrogen-bond donors (Lipinski definition) is 0. The van der Waals surface area contributed by atoms with Gasteiger partial charge in [-0.15, -0.1) is 0 Å². The zero-order valence-corrected chi connectivity index (χ0v) is 12.5. The third-order valence-corrected chi connectivity index (χ3v) is 4.09. The molecule has 8 heteroatoms. The lowest BCUT2D eigenvalue weighted by molar-refractivity contribution is -0.336. The topological polar surface area (TPSA) is 83.5 Å². The van der Waals surface area contributed by atoms with Gasteiger partial charge in [-0.1, -0.05) is 31.5 Å². The van der Waals surface area contributed by atoms with Crippen molar-refractivity contribution in [1.82, 2.24) is 0 Å². The maximum Gasteiger partial charge on any atom is 0.314 e. The number of aliphatic carboxylic acids is 1. The normalized spacial score (nSPS) is 14.2. The molecular weight excluding hydrogens is 306 g/mol. The highest BCUT2D eigenvalue weighted by molar-refractivity contribution is 7.86. The van der Waals surface area contributed by atoms with Crippen LogP contribution in [0.3, 0.4) is 0 Å². The van der Waals surface area contributed by atoms with Gasteiger partial charge >= 0.3 is 5.92 Å². The lowest BCUT2D eigenvalue weighted by Crippen LogP contribution is -2.53. The van der Waals surface area contributed by atoms with Gasteiger partial charge in [0.15, 0.2) is 0 Å². The first kappa shape index (κ1) is 17.5. The van der Waals surface area contributed by atoms with Crippen LogP contribution in [0.15, 0.2) is 29.2 Å². The Bertz CT molecular complexity index is 608. The first-order valence-electron chi connectivity index (χ1n) is 6.07. The smallest absolute Gasteiger partial charge is 0.314 e. The Morgan fingerprint density at radius 2 is 1.71 bits per heavy atom. The van der Waals surface area contributed by atoms with E-state index in [-0.39, 0.29) is 4.90 Å². The summed E-state index contributed by atoms with van der Waals surface area (Å²) in [6.07, 6.45) is -2.35. The van der Waals surface area contributed by atoms with E-state index in [1.165, 1.54) is 38.1 Å². The Labute approximate surface area is 121 Å². The second-order valence-corrected chi connectivity index (χ2v) is 6.51. The molecule has 1 aromatic carbocycles. The largest absolute Gasteiger partial charge is 0.544 e. The van der Waals surface area contributed by atoms with E-state index in [9.17, 15) is 27.1 Å². The van der Waals surface area contributed by atoms with Gasteiger partial charge in [0.1, 0.15) is 12.1 Å². The molecule has 21 heavy (non-hydrogen) atoms. The summed E-state index contributed by atoms with van der Waals surface area (Å²) < 4.78 is 55.4. The van der Waals surface area contributed by atoms with Crippen LogP contribution in [0, 0.1) is 12.8 Å². The molecule has 5 nitrogen and oxygen atoms in total. The maximum atomic E-state index is 13.5. The van der Waals surface area contributed by atoms with E-state index in [0.717, 1.165) is 5.56 Å². The zero-order chi connectivity index (χ0) is 16.4. The molecule has 0 aliphatic heterocycles. The highest BCUT2D eigenvalue weighted by atomic mass is 32.2. The van der Waals surface area contributed by atoms with E-state index in [2.05, 4.69) is 4.18 Å². The minimum atomic E-state index is -4.51. The lowest BCUT2D eigenvalue weighted by atomic mass is 10.0. The number of benzene rings is 1. The first-order valence-corrected chi connectivity index (χ1v) is 7.48. The Balaban J connectivity index is 3.14. The monoisotopic (exact) mass is 321 g/mol. The van der Waals surface area contributed by atoms with Crippen LogP contribution in [0.25, 0.3) is 0 Å². The highest BCUT2D eigenvalue weighted by Gasteiger charge is 2.46. The predicted octanol–water partition coefficient (Wildman–Crippen LogP) is 1.11. The SMILES string of the molecule is Cc1ccc(S(=O)(=O)OC(C(C)C)C(F)(F)C(=O)[O-])cc1. The van der Waals surface area contributed by atoms with Crippen LogP contribution in [-0.2, 0) is 19.1 Å². The van der Waals surface area contributed by atoms with Crippen LogP contribution in [0.2, 0.25) is 0 Å². The molecule has 0 saturated heterocycles. The fourth-order valence-corrected chi connectivity index (χ4v) is 2.80. The molecule has 0 aromatic heterocycles. The van der Waals surface area contributed by atoms with Gasteiger partial charge in [0.2, 0.25) is 0 Å². The molecule has 0 N–H and O–H groups in total. The van der Waals surface area contributed by atoms with Gasteiger partial charge in [0.25, 0.3) is 10.1 Å². The molecule has 118 valence electrons. The Morgan fingerprint density at radius 1 is 1.24 bits per heavy atom. The predicted molar refractivity (Wildman–Crippen MR) is 68.0 cm³/mol. The number of carboxylic acids is 1. The van der Waals surface area contributed by atoms with Crippen molar-refractivity contribution in [3.05, 3.63) is 29.8 Å². The number of carbonyl (C=O) groups is 1. The van der Waals surface area contributed by atoms with Crippen LogP contribution >= 0.6 is 0 Å². The summed E-state index contributed by atoms with van der Waals surface area (Å²) in [5.41, 5.74) is 0.773. The number of alkyl halides is 2. The number of rotatable bonds is 6. The number of halogens is 2. The van der Waals surface area contributed by atoms with Gasteiger partial charge in [0.05, 0.1) is 4.90 Å². The highest BCUT2D eigenvalue weighted by Crippen LogP contribution is 2.30. The third-order valence-electron chi connectivity index (χ3n) is 2.77. The number of carbonyl (C=O) groups excluding carboxylic acids is 1. The number of hydrogen-bond acceptors (Lipinski definition) is 5. The second kappa shape index (κ2) is 6.07. The van der Waals surface area contributed by atoms with Crippen molar-refractivity contribution >= 4 is 16.1 Å². The van der Waals surface area contributed by atoms with Crippen LogP contribution in [0.1, 0.15) is 19.4 Å². The summed E-state index contributed by atoms with van der Waals surface area (Å²) in [5.74, 6) is -8.16. The molecule has 0 amide bonds. The van der Waals surface area contributed by atoms with E-state index >= 15 is 0 Å². The Morgan fingerprint density at radius 3 is 2.10 bits per heavy atom. The van der Waals surface area contributed by atoms with Crippen LogP contribution in [0.5, 0.6) is 0 Å². The van der Waals surface area contributed by atoms with Crippen LogP contribution in [0.4, 0.5) is 8.78 Å². The molecule has 0 spiro atoms. The average molecular weight is 321 g/mol. The fourth-order valence-electron chi connectivity index (χ4n) is 1.60. The summed E-state index contributed by atoms with van der Waals surface area (Å²) >= 11 is 0. The lowest BCUT2D eigenvalue weighted by Gasteiger charge is -2.29. The second-order valence-electron chi connectivity index (χ2n) is 4.94. The summed E-state index contributed by atoms with van der Waals surface area (Å²) in [6.45, 7) is 4.18. The molecule has 1 atom stereocenters. The molecule has 1 rings (SSSR count). The van der Waals surface area contributed by atoms with Gasteiger partial charge in [-0.2, -0.15) is 17.2 Å². The molecule has 0 aliphatic carbocycles. The van der Waals surface area contributed by atoms with Crippen molar-refractivity contribution in [2.75, 3.05) is 0 Å².